The smallest absolute Gasteiger partial charge is 0.409 e. The fourth-order valence-corrected chi connectivity index (χ4v) is 4.44. The average molecular weight is 498 g/mol. The van der Waals surface area contributed by atoms with Gasteiger partial charge in [0.05, 0.1) is 22.9 Å². The molecular formula is C19H24BrN5O4S. The van der Waals surface area contributed by atoms with E-state index in [0.717, 1.165) is 4.47 Å². The molecule has 1 N–H and O–H groups in total. The molecule has 9 nitrogen and oxygen atoms in total. The van der Waals surface area contributed by atoms with Gasteiger partial charge in [-0.2, -0.15) is 5.10 Å². The number of halogens is 1. The lowest BCUT2D eigenvalue weighted by molar-refractivity contribution is -0.136. The van der Waals surface area contributed by atoms with E-state index in [1.54, 1.807) is 47.5 Å². The minimum Gasteiger partial charge on any atom is -0.450 e. The third-order valence-corrected chi connectivity index (χ3v) is 6.52. The number of anilines is 1. The summed E-state index contributed by atoms with van der Waals surface area (Å²) in [5, 5.41) is 9.10. The molecule has 3 amide bonds. The van der Waals surface area contributed by atoms with Crippen LogP contribution in [0.2, 0.25) is 0 Å². The van der Waals surface area contributed by atoms with Gasteiger partial charge in [0.15, 0.2) is 0 Å². The van der Waals surface area contributed by atoms with E-state index in [1.807, 2.05) is 5.38 Å². The van der Waals surface area contributed by atoms with Crippen LogP contribution in [0.3, 0.4) is 0 Å². The van der Waals surface area contributed by atoms with Crippen LogP contribution in [0.4, 0.5) is 10.5 Å². The number of hydrogen-bond donors (Lipinski definition) is 1. The van der Waals surface area contributed by atoms with Crippen molar-refractivity contribution in [3.8, 4) is 0 Å². The SMILES string of the molecule is CCOC(=O)N1CCN(C(=O)[C@@H](C)n2cc(NC(=O)c3cc(Br)cs3)c(C)n2)CC1. The molecule has 1 saturated heterocycles. The number of rotatable bonds is 5. The molecule has 0 saturated carbocycles. The van der Waals surface area contributed by atoms with E-state index in [9.17, 15) is 14.4 Å². The average Bonchev–Trinajstić information content (AvgIpc) is 3.33. The van der Waals surface area contributed by atoms with Crippen molar-refractivity contribution in [3.05, 3.63) is 32.7 Å². The molecule has 0 bridgehead atoms. The number of amides is 3. The van der Waals surface area contributed by atoms with Crippen LogP contribution >= 0.6 is 27.3 Å². The van der Waals surface area contributed by atoms with E-state index in [1.165, 1.54) is 11.3 Å². The summed E-state index contributed by atoms with van der Waals surface area (Å²) in [6.45, 7) is 7.41. The van der Waals surface area contributed by atoms with Gasteiger partial charge in [-0.15, -0.1) is 11.3 Å². The highest BCUT2D eigenvalue weighted by Crippen LogP contribution is 2.23. The number of piperazine rings is 1. The standard InChI is InChI=1S/C19H24BrN5O4S/c1-4-29-19(28)24-7-5-23(6-8-24)18(27)13(3)25-10-15(12(2)22-25)21-17(26)16-9-14(20)11-30-16/h9-11,13H,4-8H2,1-3H3,(H,21,26)/t13-/m1/s1. The number of nitrogens with one attached hydrogen (secondary N) is 1. The lowest BCUT2D eigenvalue weighted by Crippen LogP contribution is -2.52. The second-order valence-corrected chi connectivity index (χ2v) is 8.71. The molecule has 0 aromatic carbocycles. The van der Waals surface area contributed by atoms with E-state index < -0.39 is 6.04 Å². The number of hydrogen-bond acceptors (Lipinski definition) is 6. The topological polar surface area (TPSA) is 96.8 Å². The molecule has 0 spiro atoms. The molecule has 1 atom stereocenters. The largest absolute Gasteiger partial charge is 0.450 e. The first-order valence-electron chi connectivity index (χ1n) is 9.61. The van der Waals surface area contributed by atoms with Gasteiger partial charge in [-0.3, -0.25) is 14.3 Å². The number of ether oxygens (including phenoxy) is 1. The van der Waals surface area contributed by atoms with Crippen LogP contribution in [0.25, 0.3) is 0 Å². The van der Waals surface area contributed by atoms with Crippen molar-refractivity contribution in [1.29, 1.82) is 0 Å². The molecule has 1 aliphatic rings. The van der Waals surface area contributed by atoms with E-state index >= 15 is 0 Å². The van der Waals surface area contributed by atoms with Crippen LogP contribution < -0.4 is 5.32 Å². The summed E-state index contributed by atoms with van der Waals surface area (Å²) >= 11 is 4.68. The van der Waals surface area contributed by atoms with E-state index in [4.69, 9.17) is 4.74 Å². The quantitative estimate of drug-likeness (QED) is 0.684. The lowest BCUT2D eigenvalue weighted by Gasteiger charge is -2.35. The summed E-state index contributed by atoms with van der Waals surface area (Å²) in [4.78, 5) is 41.0. The Bertz CT molecular complexity index is 935. The van der Waals surface area contributed by atoms with Crippen molar-refractivity contribution in [3.63, 3.8) is 0 Å². The molecule has 3 rings (SSSR count). The fourth-order valence-electron chi connectivity index (χ4n) is 3.12. The van der Waals surface area contributed by atoms with Crippen LogP contribution in [0.5, 0.6) is 0 Å². The van der Waals surface area contributed by atoms with Gasteiger partial charge in [0.2, 0.25) is 5.91 Å². The maximum absolute atomic E-state index is 12.9. The van der Waals surface area contributed by atoms with Crippen LogP contribution in [-0.4, -0.2) is 70.3 Å². The zero-order valence-corrected chi connectivity index (χ0v) is 19.5. The second-order valence-electron chi connectivity index (χ2n) is 6.88. The number of thiophene rings is 1. The number of aryl methyl sites for hydroxylation is 1. The Morgan fingerprint density at radius 1 is 1.27 bits per heavy atom. The molecule has 11 heteroatoms. The third kappa shape index (κ3) is 5.01. The molecule has 1 aliphatic heterocycles. The van der Waals surface area contributed by atoms with E-state index in [2.05, 4.69) is 26.3 Å². The molecule has 2 aromatic heterocycles. The van der Waals surface area contributed by atoms with Crippen molar-refractivity contribution in [2.45, 2.75) is 26.8 Å². The van der Waals surface area contributed by atoms with Crippen LogP contribution in [0, 0.1) is 6.92 Å². The Labute approximate surface area is 187 Å². The van der Waals surface area contributed by atoms with Gasteiger partial charge in [-0.25, -0.2) is 4.79 Å². The number of aromatic nitrogens is 2. The Kier molecular flexibility index (Phi) is 7.14. The summed E-state index contributed by atoms with van der Waals surface area (Å²) in [5.74, 6) is -0.302. The Morgan fingerprint density at radius 3 is 2.53 bits per heavy atom. The van der Waals surface area contributed by atoms with E-state index in [0.29, 0.717) is 49.0 Å². The number of carbonyl (C=O) groups excluding carboxylic acids is 3. The van der Waals surface area contributed by atoms with E-state index in [-0.39, 0.29) is 17.9 Å². The maximum Gasteiger partial charge on any atom is 0.409 e. The summed E-state index contributed by atoms with van der Waals surface area (Å²) in [6.07, 6.45) is 1.33. The van der Waals surface area contributed by atoms with Crippen molar-refractivity contribution < 1.29 is 19.1 Å². The van der Waals surface area contributed by atoms with Gasteiger partial charge < -0.3 is 19.9 Å². The minimum atomic E-state index is -0.528. The van der Waals surface area contributed by atoms with Crippen molar-refractivity contribution in [1.82, 2.24) is 19.6 Å². The van der Waals surface area contributed by atoms with Crippen LogP contribution in [-0.2, 0) is 9.53 Å². The monoisotopic (exact) mass is 497 g/mol. The van der Waals surface area contributed by atoms with Crippen LogP contribution in [0.1, 0.15) is 35.3 Å². The highest BCUT2D eigenvalue weighted by atomic mass is 79.9. The molecule has 0 unspecified atom stereocenters. The zero-order valence-electron chi connectivity index (χ0n) is 17.1. The Hall–Kier alpha value is -2.40. The van der Waals surface area contributed by atoms with Gasteiger partial charge in [0.25, 0.3) is 5.91 Å². The second kappa shape index (κ2) is 9.61. The van der Waals surface area contributed by atoms with Crippen LogP contribution in [0.15, 0.2) is 22.1 Å². The summed E-state index contributed by atoms with van der Waals surface area (Å²) in [6, 6.07) is 1.22. The normalized spacial score (nSPS) is 15.1. The van der Waals surface area contributed by atoms with Crippen molar-refractivity contribution in [2.75, 3.05) is 38.1 Å². The first-order valence-corrected chi connectivity index (χ1v) is 11.3. The summed E-state index contributed by atoms with van der Waals surface area (Å²) < 4.78 is 7.43. The third-order valence-electron chi connectivity index (χ3n) is 4.83. The highest BCUT2D eigenvalue weighted by Gasteiger charge is 2.29. The first kappa shape index (κ1) is 22.3. The Balaban J connectivity index is 1.61. The van der Waals surface area contributed by atoms with Gasteiger partial charge in [0, 0.05) is 42.2 Å². The predicted octanol–water partition coefficient (Wildman–Crippen LogP) is 3.13. The highest BCUT2D eigenvalue weighted by molar-refractivity contribution is 9.10. The summed E-state index contributed by atoms with van der Waals surface area (Å²) in [7, 11) is 0. The number of carbonyl (C=O) groups is 3. The fraction of sp³-hybridized carbons (Fsp3) is 0.474. The van der Waals surface area contributed by atoms with Gasteiger partial charge >= 0.3 is 6.09 Å². The molecule has 30 heavy (non-hydrogen) atoms. The van der Waals surface area contributed by atoms with Crippen molar-refractivity contribution in [2.24, 2.45) is 0 Å². The zero-order chi connectivity index (χ0) is 21.8. The minimum absolute atomic E-state index is 0.0823. The lowest BCUT2D eigenvalue weighted by atomic mass is 10.2. The predicted molar refractivity (Wildman–Crippen MR) is 117 cm³/mol. The molecule has 162 valence electrons. The van der Waals surface area contributed by atoms with Gasteiger partial charge in [-0.1, -0.05) is 0 Å². The molecule has 0 radical (unpaired) electrons. The molecule has 1 fully saturated rings. The molecule has 3 heterocycles. The summed E-state index contributed by atoms with van der Waals surface area (Å²) in [5.41, 5.74) is 1.20. The Morgan fingerprint density at radius 2 is 1.93 bits per heavy atom. The maximum atomic E-state index is 12.9. The van der Waals surface area contributed by atoms with Crippen molar-refractivity contribution >= 4 is 50.9 Å². The van der Waals surface area contributed by atoms with Gasteiger partial charge in [-0.05, 0) is 42.8 Å². The first-order chi connectivity index (χ1) is 14.3. The van der Waals surface area contributed by atoms with Gasteiger partial charge in [0.1, 0.15) is 6.04 Å². The molecule has 0 aliphatic carbocycles. The molecular weight excluding hydrogens is 474 g/mol. The molecule has 2 aromatic rings. The number of nitrogens with zero attached hydrogens (tertiary/aromatic N) is 4.